The topological polar surface area (TPSA) is 126 Å². The predicted octanol–water partition coefficient (Wildman–Crippen LogP) is 3.21. The molecule has 32 heavy (non-hydrogen) atoms. The average Bonchev–Trinajstić information content (AvgIpc) is 3.27. The fraction of sp³-hybridized carbons (Fsp3) is 0.316. The standard InChI is InChI=1S/C19H19F4N7OS/c20-10-2-1-3-11(21)13(10)18-28-14(15(25)32-18)17(31)27-12-7-26-29-16(12)30-5-4-9(24)6-19(22,23)8-30/h1-3,7,9H,4-6,8,24-25H2,(H,26,29)(H,27,31)/t9-/m0/s1. The molecule has 1 atom stereocenters. The number of nitrogen functional groups attached to an aromatic ring is 1. The SMILES string of the molecule is Nc1sc(-c2c(F)cccc2F)nc1C(=O)Nc1cn[nH]c1N1CC[C@H](N)CC(F)(F)C1. The van der Waals surface area contributed by atoms with Gasteiger partial charge in [-0.05, 0) is 18.6 Å². The second kappa shape index (κ2) is 8.39. The number of H-pyrrole nitrogens is 1. The zero-order chi connectivity index (χ0) is 23.0. The molecule has 1 aromatic carbocycles. The molecule has 4 rings (SSSR count). The van der Waals surface area contributed by atoms with Crippen LogP contribution in [0.4, 0.5) is 34.1 Å². The molecular weight excluding hydrogens is 450 g/mol. The van der Waals surface area contributed by atoms with Gasteiger partial charge in [0.25, 0.3) is 11.8 Å². The van der Waals surface area contributed by atoms with Crippen molar-refractivity contribution in [3.63, 3.8) is 0 Å². The van der Waals surface area contributed by atoms with Crippen LogP contribution in [0.25, 0.3) is 10.6 Å². The number of nitrogens with one attached hydrogen (secondary N) is 2. The molecule has 0 bridgehead atoms. The third kappa shape index (κ3) is 4.39. The van der Waals surface area contributed by atoms with Gasteiger partial charge in [-0.15, -0.1) is 0 Å². The molecule has 3 heterocycles. The summed E-state index contributed by atoms with van der Waals surface area (Å²) in [6, 6.07) is 2.69. The number of amides is 1. The number of rotatable bonds is 4. The number of nitrogens with zero attached hydrogens (tertiary/aromatic N) is 3. The van der Waals surface area contributed by atoms with Gasteiger partial charge in [0.1, 0.15) is 33.1 Å². The van der Waals surface area contributed by atoms with Crippen LogP contribution >= 0.6 is 11.3 Å². The summed E-state index contributed by atoms with van der Waals surface area (Å²) in [6.07, 6.45) is 1.15. The lowest BCUT2D eigenvalue weighted by molar-refractivity contribution is -0.000452. The average molecular weight is 469 g/mol. The van der Waals surface area contributed by atoms with Crippen LogP contribution in [-0.4, -0.2) is 46.1 Å². The molecule has 1 amide bonds. The maximum atomic E-state index is 14.2. The Bertz CT molecular complexity index is 1130. The summed E-state index contributed by atoms with van der Waals surface area (Å²) in [5.74, 6) is -5.30. The van der Waals surface area contributed by atoms with Crippen LogP contribution in [-0.2, 0) is 0 Å². The van der Waals surface area contributed by atoms with Crippen molar-refractivity contribution in [2.75, 3.05) is 29.0 Å². The minimum Gasteiger partial charge on any atom is -0.389 e. The Kier molecular flexibility index (Phi) is 5.77. The first-order valence-corrected chi connectivity index (χ1v) is 10.4. The third-order valence-electron chi connectivity index (χ3n) is 4.98. The quantitative estimate of drug-likeness (QED) is 0.435. The molecule has 2 aromatic heterocycles. The number of hydrogen-bond donors (Lipinski definition) is 4. The molecule has 1 saturated heterocycles. The molecule has 1 aliphatic rings. The van der Waals surface area contributed by atoms with E-state index in [1.807, 2.05) is 0 Å². The highest BCUT2D eigenvalue weighted by molar-refractivity contribution is 7.19. The van der Waals surface area contributed by atoms with Crippen LogP contribution in [0.1, 0.15) is 23.3 Å². The van der Waals surface area contributed by atoms with Crippen LogP contribution in [0.2, 0.25) is 0 Å². The van der Waals surface area contributed by atoms with Gasteiger partial charge < -0.3 is 21.7 Å². The number of hydrogen-bond acceptors (Lipinski definition) is 7. The van der Waals surface area contributed by atoms with Crippen LogP contribution < -0.4 is 21.7 Å². The van der Waals surface area contributed by atoms with Gasteiger partial charge >= 0.3 is 0 Å². The van der Waals surface area contributed by atoms with E-state index in [0.717, 1.165) is 23.5 Å². The van der Waals surface area contributed by atoms with E-state index in [1.165, 1.54) is 17.2 Å². The van der Waals surface area contributed by atoms with Gasteiger partial charge in [0, 0.05) is 19.0 Å². The summed E-state index contributed by atoms with van der Waals surface area (Å²) < 4.78 is 56.5. The van der Waals surface area contributed by atoms with Crippen molar-refractivity contribution in [2.24, 2.45) is 5.73 Å². The van der Waals surface area contributed by atoms with E-state index in [4.69, 9.17) is 11.5 Å². The molecule has 0 radical (unpaired) electrons. The van der Waals surface area contributed by atoms with E-state index in [0.29, 0.717) is 6.42 Å². The van der Waals surface area contributed by atoms with Crippen molar-refractivity contribution in [1.29, 1.82) is 0 Å². The lowest BCUT2D eigenvalue weighted by Gasteiger charge is -2.25. The molecule has 1 fully saturated rings. The highest BCUT2D eigenvalue weighted by atomic mass is 32.1. The van der Waals surface area contributed by atoms with Crippen molar-refractivity contribution < 1.29 is 22.4 Å². The Morgan fingerprint density at radius 1 is 1.31 bits per heavy atom. The van der Waals surface area contributed by atoms with Crippen LogP contribution in [0, 0.1) is 11.6 Å². The van der Waals surface area contributed by atoms with Gasteiger partial charge in [-0.1, -0.05) is 17.4 Å². The van der Waals surface area contributed by atoms with Crippen LogP contribution in [0.5, 0.6) is 0 Å². The normalized spacial score (nSPS) is 18.4. The van der Waals surface area contributed by atoms with Crippen LogP contribution in [0.15, 0.2) is 24.4 Å². The maximum absolute atomic E-state index is 14.2. The Morgan fingerprint density at radius 2 is 2.03 bits per heavy atom. The summed E-state index contributed by atoms with van der Waals surface area (Å²) >= 11 is 0.751. The van der Waals surface area contributed by atoms with E-state index in [-0.39, 0.29) is 33.8 Å². The number of benzene rings is 1. The van der Waals surface area contributed by atoms with Crippen molar-refractivity contribution >= 4 is 33.8 Å². The largest absolute Gasteiger partial charge is 0.389 e. The number of nitrogens with two attached hydrogens (primary N) is 2. The molecule has 6 N–H and O–H groups in total. The smallest absolute Gasteiger partial charge is 0.277 e. The Balaban J connectivity index is 1.58. The highest BCUT2D eigenvalue weighted by Crippen LogP contribution is 2.35. The molecule has 13 heteroatoms. The molecule has 0 saturated carbocycles. The molecule has 0 unspecified atom stereocenters. The first kappa shape index (κ1) is 22.0. The third-order valence-corrected chi connectivity index (χ3v) is 5.88. The van der Waals surface area contributed by atoms with Crippen molar-refractivity contribution in [3.8, 4) is 10.6 Å². The van der Waals surface area contributed by atoms with Crippen molar-refractivity contribution in [2.45, 2.75) is 24.8 Å². The fourth-order valence-electron chi connectivity index (χ4n) is 3.52. The Morgan fingerprint density at radius 3 is 2.75 bits per heavy atom. The first-order chi connectivity index (χ1) is 15.1. The number of carbonyl (C=O) groups is 1. The number of anilines is 3. The zero-order valence-electron chi connectivity index (χ0n) is 16.5. The van der Waals surface area contributed by atoms with E-state index in [2.05, 4.69) is 20.5 Å². The Hall–Kier alpha value is -3.19. The van der Waals surface area contributed by atoms with Gasteiger partial charge in [0.2, 0.25) is 0 Å². The van der Waals surface area contributed by atoms with Gasteiger partial charge in [-0.3, -0.25) is 9.89 Å². The second-order valence-electron chi connectivity index (χ2n) is 7.45. The number of alkyl halides is 2. The number of carbonyl (C=O) groups excluding carboxylic acids is 1. The van der Waals surface area contributed by atoms with Gasteiger partial charge in [0.15, 0.2) is 5.69 Å². The summed E-state index contributed by atoms with van der Waals surface area (Å²) in [7, 11) is 0. The molecule has 3 aromatic rings. The maximum Gasteiger partial charge on any atom is 0.277 e. The highest BCUT2D eigenvalue weighted by Gasteiger charge is 2.38. The van der Waals surface area contributed by atoms with Crippen molar-refractivity contribution in [1.82, 2.24) is 15.2 Å². The fourth-order valence-corrected chi connectivity index (χ4v) is 4.40. The van der Waals surface area contributed by atoms with E-state index in [1.54, 1.807) is 0 Å². The van der Waals surface area contributed by atoms with E-state index in [9.17, 15) is 22.4 Å². The molecule has 170 valence electrons. The molecular formula is C19H19F4N7OS. The minimum atomic E-state index is -3.01. The summed E-state index contributed by atoms with van der Waals surface area (Å²) in [5, 5.41) is 8.81. The number of aromatic nitrogens is 3. The number of thiazole rings is 1. The number of aromatic amines is 1. The summed E-state index contributed by atoms with van der Waals surface area (Å²) in [4.78, 5) is 18.1. The summed E-state index contributed by atoms with van der Waals surface area (Å²) in [6.45, 7) is -0.362. The molecule has 0 spiro atoms. The van der Waals surface area contributed by atoms with E-state index >= 15 is 0 Å². The first-order valence-electron chi connectivity index (χ1n) is 9.58. The molecule has 0 aliphatic carbocycles. The van der Waals surface area contributed by atoms with E-state index < -0.39 is 48.0 Å². The molecule has 1 aliphatic heterocycles. The monoisotopic (exact) mass is 469 g/mol. The van der Waals surface area contributed by atoms with Crippen LogP contribution in [0.3, 0.4) is 0 Å². The van der Waals surface area contributed by atoms with Gasteiger partial charge in [-0.25, -0.2) is 22.5 Å². The predicted molar refractivity (Wildman–Crippen MR) is 113 cm³/mol. The number of halogens is 4. The minimum absolute atomic E-state index is 0.0579. The lowest BCUT2D eigenvalue weighted by Crippen LogP contribution is -2.36. The van der Waals surface area contributed by atoms with Crippen molar-refractivity contribution in [3.05, 3.63) is 41.7 Å². The summed E-state index contributed by atoms with van der Waals surface area (Å²) in [5.41, 5.74) is 11.1. The lowest BCUT2D eigenvalue weighted by atomic mass is 10.1. The van der Waals surface area contributed by atoms with Gasteiger partial charge in [-0.2, -0.15) is 5.10 Å². The second-order valence-corrected chi connectivity index (χ2v) is 8.48. The zero-order valence-corrected chi connectivity index (χ0v) is 17.4. The molecule has 8 nitrogen and oxygen atoms in total. The Labute approximate surface area is 183 Å². The van der Waals surface area contributed by atoms with Gasteiger partial charge in [0.05, 0.1) is 18.3 Å².